The Bertz CT molecular complexity index is 710. The molecule has 0 saturated carbocycles. The van der Waals surface area contributed by atoms with Crippen LogP contribution in [0.1, 0.15) is 48.7 Å². The average molecular weight is 330 g/mol. The van der Waals surface area contributed by atoms with Crippen molar-refractivity contribution in [3.05, 3.63) is 34.9 Å². The Kier molecular flexibility index (Phi) is 4.80. The largest absolute Gasteiger partial charge is 0.293 e. The molecule has 1 unspecified atom stereocenters. The van der Waals surface area contributed by atoms with Gasteiger partial charge in [-0.2, -0.15) is 0 Å². The summed E-state index contributed by atoms with van der Waals surface area (Å²) in [5.41, 5.74) is 3.52. The molecule has 1 aliphatic rings. The van der Waals surface area contributed by atoms with Gasteiger partial charge in [-0.25, -0.2) is 4.68 Å². The van der Waals surface area contributed by atoms with E-state index in [0.717, 1.165) is 24.9 Å². The van der Waals surface area contributed by atoms with Crippen LogP contribution in [-0.4, -0.2) is 31.2 Å². The van der Waals surface area contributed by atoms with Crippen LogP contribution in [0, 0.1) is 5.92 Å². The predicted molar refractivity (Wildman–Crippen MR) is 90.8 cm³/mol. The van der Waals surface area contributed by atoms with E-state index in [1.165, 1.54) is 29.3 Å². The fourth-order valence-electron chi connectivity index (χ4n) is 2.91. The molecule has 0 saturated heterocycles. The molecule has 5 nitrogen and oxygen atoms in total. The van der Waals surface area contributed by atoms with Crippen LogP contribution in [-0.2, 0) is 19.4 Å². The number of tetrazole rings is 1. The van der Waals surface area contributed by atoms with Crippen molar-refractivity contribution in [1.29, 1.82) is 0 Å². The van der Waals surface area contributed by atoms with E-state index < -0.39 is 0 Å². The smallest absolute Gasteiger partial charge is 0.210 e. The number of aromatic nitrogens is 4. The molecule has 23 heavy (non-hydrogen) atoms. The zero-order valence-electron chi connectivity index (χ0n) is 13.8. The molecule has 2 aromatic rings. The van der Waals surface area contributed by atoms with Gasteiger partial charge in [-0.1, -0.05) is 37.7 Å². The molecule has 1 atom stereocenters. The van der Waals surface area contributed by atoms with Gasteiger partial charge in [0.1, 0.15) is 0 Å². The molecule has 0 fully saturated rings. The monoisotopic (exact) mass is 330 g/mol. The highest BCUT2D eigenvalue weighted by Gasteiger charge is 2.22. The second-order valence-corrected chi connectivity index (χ2v) is 7.81. The van der Waals surface area contributed by atoms with Gasteiger partial charge in [-0.3, -0.25) is 4.79 Å². The van der Waals surface area contributed by atoms with Gasteiger partial charge in [0.05, 0.1) is 5.25 Å². The number of rotatable bonds is 6. The van der Waals surface area contributed by atoms with Gasteiger partial charge in [0.2, 0.25) is 5.16 Å². The SMILES string of the molecule is CC(C)Cn1nnnc1SC(C)C(=O)c1ccc2c(c1)CCC2. The highest BCUT2D eigenvalue weighted by Crippen LogP contribution is 2.27. The number of thioether (sulfide) groups is 1. The number of Topliss-reactive ketones (excluding diaryl/α,β-unsaturated/α-hetero) is 1. The standard InChI is InChI=1S/C17H22N4OS/c1-11(2)10-21-17(18-19-20-21)23-12(3)16(22)15-8-7-13-5-4-6-14(13)9-15/h7-9,11-12H,4-6,10H2,1-3H3. The van der Waals surface area contributed by atoms with E-state index in [9.17, 15) is 4.79 Å². The Labute approximate surface area is 140 Å². The topological polar surface area (TPSA) is 60.7 Å². The van der Waals surface area contributed by atoms with Crippen LogP contribution in [0.15, 0.2) is 23.4 Å². The first-order valence-corrected chi connectivity index (χ1v) is 9.01. The highest BCUT2D eigenvalue weighted by molar-refractivity contribution is 8.00. The van der Waals surface area contributed by atoms with Gasteiger partial charge in [0.15, 0.2) is 5.78 Å². The molecule has 1 aromatic carbocycles. The second-order valence-electron chi connectivity index (χ2n) is 6.50. The molecule has 0 N–H and O–H groups in total. The van der Waals surface area contributed by atoms with Gasteiger partial charge in [0.25, 0.3) is 0 Å². The van der Waals surface area contributed by atoms with Crippen molar-refractivity contribution >= 4 is 17.5 Å². The van der Waals surface area contributed by atoms with Crippen LogP contribution < -0.4 is 0 Å². The van der Waals surface area contributed by atoms with E-state index in [0.29, 0.717) is 11.1 Å². The molecule has 0 amide bonds. The van der Waals surface area contributed by atoms with E-state index in [2.05, 4.69) is 41.5 Å². The predicted octanol–water partition coefficient (Wildman–Crippen LogP) is 3.18. The molecule has 1 heterocycles. The minimum atomic E-state index is -0.202. The fourth-order valence-corrected chi connectivity index (χ4v) is 3.79. The zero-order valence-corrected chi connectivity index (χ0v) is 14.6. The summed E-state index contributed by atoms with van der Waals surface area (Å²) in [5.74, 6) is 0.601. The van der Waals surface area contributed by atoms with Gasteiger partial charge < -0.3 is 0 Å². The quantitative estimate of drug-likeness (QED) is 0.601. The Morgan fingerprint density at radius 2 is 2.04 bits per heavy atom. The third-order valence-electron chi connectivity index (χ3n) is 4.07. The number of carbonyl (C=O) groups is 1. The minimum Gasteiger partial charge on any atom is -0.293 e. The normalized spacial score (nSPS) is 15.0. The highest BCUT2D eigenvalue weighted by atomic mass is 32.2. The van der Waals surface area contributed by atoms with E-state index in [1.54, 1.807) is 4.68 Å². The molecule has 122 valence electrons. The Morgan fingerprint density at radius 1 is 1.26 bits per heavy atom. The average Bonchev–Trinajstić information content (AvgIpc) is 3.14. The van der Waals surface area contributed by atoms with Crippen LogP contribution >= 0.6 is 11.8 Å². The number of hydrogen-bond acceptors (Lipinski definition) is 5. The Morgan fingerprint density at radius 3 is 2.83 bits per heavy atom. The minimum absolute atomic E-state index is 0.142. The first-order chi connectivity index (χ1) is 11.0. The first kappa shape index (κ1) is 16.2. The summed E-state index contributed by atoms with van der Waals surface area (Å²) in [6, 6.07) is 6.13. The Hall–Kier alpha value is -1.69. The first-order valence-electron chi connectivity index (χ1n) is 8.13. The summed E-state index contributed by atoms with van der Waals surface area (Å²) in [6.45, 7) is 6.92. The molecule has 0 spiro atoms. The number of fused-ring (bicyclic) bond motifs is 1. The maximum absolute atomic E-state index is 12.7. The fraction of sp³-hybridized carbons (Fsp3) is 0.529. The second kappa shape index (κ2) is 6.83. The lowest BCUT2D eigenvalue weighted by Gasteiger charge is -2.12. The summed E-state index contributed by atoms with van der Waals surface area (Å²) < 4.78 is 1.78. The van der Waals surface area contributed by atoms with Crippen LogP contribution in [0.2, 0.25) is 0 Å². The summed E-state index contributed by atoms with van der Waals surface area (Å²) in [5, 5.41) is 12.3. The lowest BCUT2D eigenvalue weighted by atomic mass is 10.0. The molecule has 0 aliphatic heterocycles. The molecule has 1 aromatic heterocycles. The summed E-state index contributed by atoms with van der Waals surface area (Å²) in [7, 11) is 0. The van der Waals surface area contributed by atoms with E-state index in [4.69, 9.17) is 0 Å². The molecular weight excluding hydrogens is 308 g/mol. The van der Waals surface area contributed by atoms with Crippen LogP contribution in [0.4, 0.5) is 0 Å². The molecule has 6 heteroatoms. The number of aryl methyl sites for hydroxylation is 2. The number of nitrogens with zero attached hydrogens (tertiary/aromatic N) is 4. The van der Waals surface area contributed by atoms with E-state index in [1.807, 2.05) is 13.0 Å². The Balaban J connectivity index is 1.72. The lowest BCUT2D eigenvalue weighted by molar-refractivity contribution is 0.0993. The van der Waals surface area contributed by atoms with Crippen molar-refractivity contribution in [2.45, 2.75) is 57.0 Å². The third kappa shape index (κ3) is 3.63. The molecule has 0 radical (unpaired) electrons. The van der Waals surface area contributed by atoms with Crippen LogP contribution in [0.5, 0.6) is 0 Å². The van der Waals surface area contributed by atoms with Crippen molar-refractivity contribution in [2.75, 3.05) is 0 Å². The van der Waals surface area contributed by atoms with Crippen molar-refractivity contribution in [3.8, 4) is 0 Å². The van der Waals surface area contributed by atoms with Crippen molar-refractivity contribution in [2.24, 2.45) is 5.92 Å². The van der Waals surface area contributed by atoms with E-state index >= 15 is 0 Å². The van der Waals surface area contributed by atoms with Crippen LogP contribution in [0.25, 0.3) is 0 Å². The zero-order chi connectivity index (χ0) is 16.4. The third-order valence-corrected chi connectivity index (χ3v) is 5.14. The maximum Gasteiger partial charge on any atom is 0.210 e. The number of carbonyl (C=O) groups excluding carboxylic acids is 1. The number of ketones is 1. The summed E-state index contributed by atoms with van der Waals surface area (Å²) >= 11 is 1.43. The molecule has 0 bridgehead atoms. The van der Waals surface area contributed by atoms with Crippen molar-refractivity contribution < 1.29 is 4.79 Å². The molecule has 3 rings (SSSR count). The molecule has 1 aliphatic carbocycles. The molecular formula is C17H22N4OS. The van der Waals surface area contributed by atoms with Gasteiger partial charge in [0, 0.05) is 12.1 Å². The van der Waals surface area contributed by atoms with E-state index in [-0.39, 0.29) is 11.0 Å². The maximum atomic E-state index is 12.7. The lowest BCUT2D eigenvalue weighted by Crippen LogP contribution is -2.16. The van der Waals surface area contributed by atoms with Gasteiger partial charge in [-0.15, -0.1) is 5.10 Å². The van der Waals surface area contributed by atoms with Crippen LogP contribution in [0.3, 0.4) is 0 Å². The number of benzene rings is 1. The van der Waals surface area contributed by atoms with Gasteiger partial charge >= 0.3 is 0 Å². The van der Waals surface area contributed by atoms with Gasteiger partial charge in [-0.05, 0) is 59.7 Å². The van der Waals surface area contributed by atoms with Crippen molar-refractivity contribution in [1.82, 2.24) is 20.2 Å². The van der Waals surface area contributed by atoms with Crippen molar-refractivity contribution in [3.63, 3.8) is 0 Å². The summed E-state index contributed by atoms with van der Waals surface area (Å²) in [4.78, 5) is 12.7. The summed E-state index contributed by atoms with van der Waals surface area (Å²) in [6.07, 6.45) is 3.42. The number of hydrogen-bond donors (Lipinski definition) is 0.